The maximum absolute atomic E-state index is 2.34. The molecule has 0 aliphatic heterocycles. The van der Waals surface area contributed by atoms with Gasteiger partial charge in [0.1, 0.15) is 0 Å². The fourth-order valence-electron chi connectivity index (χ4n) is 1.70. The predicted molar refractivity (Wildman–Crippen MR) is 93.8 cm³/mol. The third-order valence-corrected chi connectivity index (χ3v) is 3.65. The van der Waals surface area contributed by atoms with E-state index >= 15 is 0 Å². The fraction of sp³-hybridized carbons (Fsp3) is 0.333. The van der Waals surface area contributed by atoms with Crippen LogP contribution in [0, 0.1) is 3.57 Å². The summed E-state index contributed by atoms with van der Waals surface area (Å²) < 4.78 is 1.32. The summed E-state index contributed by atoms with van der Waals surface area (Å²) in [6, 6.07) is 19.1. The molecule has 102 valence electrons. The molecule has 0 aromatic heterocycles. The van der Waals surface area contributed by atoms with Gasteiger partial charge in [0.2, 0.25) is 0 Å². The van der Waals surface area contributed by atoms with Gasteiger partial charge in [-0.2, -0.15) is 0 Å². The fourth-order valence-corrected chi connectivity index (χ4v) is 2.27. The number of hydrogen-bond donors (Lipinski definition) is 0. The Morgan fingerprint density at radius 2 is 1.21 bits per heavy atom. The highest BCUT2D eigenvalue weighted by Gasteiger charge is 1.96. The summed E-state index contributed by atoms with van der Waals surface area (Å²) in [5.41, 5.74) is 2.84. The van der Waals surface area contributed by atoms with Crippen LogP contribution in [0.25, 0.3) is 0 Å². The van der Waals surface area contributed by atoms with Crippen LogP contribution in [-0.2, 0) is 0 Å². The van der Waals surface area contributed by atoms with Crippen LogP contribution < -0.4 is 0 Å². The van der Waals surface area contributed by atoms with Crippen molar-refractivity contribution in [2.45, 2.75) is 39.5 Å². The van der Waals surface area contributed by atoms with Gasteiger partial charge in [0.15, 0.2) is 0 Å². The maximum atomic E-state index is 2.34. The van der Waals surface area contributed by atoms with Crippen molar-refractivity contribution in [2.24, 2.45) is 0 Å². The van der Waals surface area contributed by atoms with Gasteiger partial charge in [0, 0.05) is 3.57 Å². The zero-order valence-electron chi connectivity index (χ0n) is 12.2. The molecule has 19 heavy (non-hydrogen) atoms. The minimum Gasteiger partial charge on any atom is -0.0622 e. The van der Waals surface area contributed by atoms with Crippen LogP contribution in [0.15, 0.2) is 54.6 Å². The molecule has 0 amide bonds. The van der Waals surface area contributed by atoms with Crippen molar-refractivity contribution < 1.29 is 0 Å². The number of halogens is 1. The van der Waals surface area contributed by atoms with Gasteiger partial charge in [-0.3, -0.25) is 0 Å². The predicted octanol–water partition coefficient (Wildman–Crippen LogP) is 6.22. The molecule has 0 aliphatic rings. The van der Waals surface area contributed by atoms with E-state index in [1.807, 2.05) is 6.07 Å². The van der Waals surface area contributed by atoms with Crippen molar-refractivity contribution in [1.29, 1.82) is 0 Å². The summed E-state index contributed by atoms with van der Waals surface area (Å²) in [5, 5.41) is 0. The average Bonchev–Trinajstić information content (AvgIpc) is 2.40. The van der Waals surface area contributed by atoms with E-state index in [2.05, 4.69) is 98.8 Å². The lowest BCUT2D eigenvalue weighted by atomic mass is 10.0. The second-order valence-electron chi connectivity index (χ2n) is 5.28. The van der Waals surface area contributed by atoms with Gasteiger partial charge in [0.05, 0.1) is 0 Å². The van der Waals surface area contributed by atoms with E-state index in [-0.39, 0.29) is 0 Å². The Kier molecular flexibility index (Phi) is 7.14. The zero-order chi connectivity index (χ0) is 14.3. The highest BCUT2D eigenvalue weighted by Crippen LogP contribution is 2.16. The molecule has 0 N–H and O–H groups in total. The molecule has 0 aliphatic carbocycles. The number of rotatable bonds is 2. The molecule has 0 nitrogen and oxygen atoms in total. The molecule has 0 atom stereocenters. The first-order valence-electron chi connectivity index (χ1n) is 6.81. The second kappa shape index (κ2) is 8.36. The highest BCUT2D eigenvalue weighted by molar-refractivity contribution is 14.1. The van der Waals surface area contributed by atoms with Crippen LogP contribution in [0.4, 0.5) is 0 Å². The lowest BCUT2D eigenvalue weighted by molar-refractivity contribution is 0.865. The zero-order valence-corrected chi connectivity index (χ0v) is 14.4. The van der Waals surface area contributed by atoms with Gasteiger partial charge in [-0.15, -0.1) is 0 Å². The first-order valence-corrected chi connectivity index (χ1v) is 7.89. The molecule has 0 radical (unpaired) electrons. The molecule has 2 rings (SSSR count). The largest absolute Gasteiger partial charge is 0.0622 e. The summed E-state index contributed by atoms with van der Waals surface area (Å²) in [5.74, 6) is 1.31. The molecule has 0 heterocycles. The van der Waals surface area contributed by atoms with Crippen LogP contribution in [0.1, 0.15) is 50.7 Å². The highest BCUT2D eigenvalue weighted by atomic mass is 127. The van der Waals surface area contributed by atoms with Crippen molar-refractivity contribution >= 4 is 22.6 Å². The van der Waals surface area contributed by atoms with Gasteiger partial charge >= 0.3 is 0 Å². The standard InChI is InChI=1S/C9H11I.C9H12/c1-7(2)8-4-3-5-9(10)6-8;1-8(2)9-6-4-3-5-7-9/h3-7H,1-2H3;3-8H,1-2H3. The Morgan fingerprint density at radius 3 is 1.58 bits per heavy atom. The Labute approximate surface area is 131 Å². The lowest BCUT2D eigenvalue weighted by Crippen LogP contribution is -1.86. The minimum absolute atomic E-state index is 0.648. The van der Waals surface area contributed by atoms with Crippen molar-refractivity contribution in [2.75, 3.05) is 0 Å². The Hall–Kier alpha value is -0.830. The van der Waals surface area contributed by atoms with Crippen LogP contribution >= 0.6 is 22.6 Å². The molecule has 0 saturated heterocycles. The summed E-state index contributed by atoms with van der Waals surface area (Å²) in [6.45, 7) is 8.83. The quantitative estimate of drug-likeness (QED) is 0.553. The van der Waals surface area contributed by atoms with E-state index in [0.717, 1.165) is 0 Å². The summed E-state index contributed by atoms with van der Waals surface area (Å²) in [7, 11) is 0. The molecule has 0 saturated carbocycles. The van der Waals surface area contributed by atoms with E-state index in [9.17, 15) is 0 Å². The van der Waals surface area contributed by atoms with Crippen LogP contribution in [0.5, 0.6) is 0 Å². The number of hydrogen-bond acceptors (Lipinski definition) is 0. The Balaban J connectivity index is 0.000000191. The van der Waals surface area contributed by atoms with Crippen molar-refractivity contribution in [3.63, 3.8) is 0 Å². The third-order valence-electron chi connectivity index (χ3n) is 2.98. The molecule has 2 aromatic carbocycles. The van der Waals surface area contributed by atoms with E-state index in [1.54, 1.807) is 0 Å². The van der Waals surface area contributed by atoms with Crippen LogP contribution in [0.3, 0.4) is 0 Å². The molecule has 0 fully saturated rings. The van der Waals surface area contributed by atoms with Crippen LogP contribution in [0.2, 0.25) is 0 Å². The van der Waals surface area contributed by atoms with Crippen molar-refractivity contribution in [3.8, 4) is 0 Å². The molecular formula is C18H23I. The number of benzene rings is 2. The van der Waals surface area contributed by atoms with Crippen LogP contribution in [-0.4, -0.2) is 0 Å². The molecular weight excluding hydrogens is 343 g/mol. The van der Waals surface area contributed by atoms with E-state index in [0.29, 0.717) is 11.8 Å². The van der Waals surface area contributed by atoms with E-state index in [1.165, 1.54) is 14.7 Å². The average molecular weight is 366 g/mol. The second-order valence-corrected chi connectivity index (χ2v) is 6.52. The summed E-state index contributed by atoms with van der Waals surface area (Å²) in [4.78, 5) is 0. The molecule has 0 unspecified atom stereocenters. The normalized spacial score (nSPS) is 10.3. The van der Waals surface area contributed by atoms with Crippen molar-refractivity contribution in [1.82, 2.24) is 0 Å². The van der Waals surface area contributed by atoms with Gasteiger partial charge in [-0.1, -0.05) is 70.2 Å². The van der Waals surface area contributed by atoms with Gasteiger partial charge < -0.3 is 0 Å². The lowest BCUT2D eigenvalue weighted by Gasteiger charge is -2.03. The first kappa shape index (κ1) is 16.2. The van der Waals surface area contributed by atoms with E-state index < -0.39 is 0 Å². The Morgan fingerprint density at radius 1 is 0.684 bits per heavy atom. The molecule has 1 heteroatoms. The van der Waals surface area contributed by atoms with E-state index in [4.69, 9.17) is 0 Å². The summed E-state index contributed by atoms with van der Waals surface area (Å²) >= 11 is 2.34. The summed E-state index contributed by atoms with van der Waals surface area (Å²) in [6.07, 6.45) is 0. The molecule has 2 aromatic rings. The smallest absolute Gasteiger partial charge is 0.0133 e. The first-order chi connectivity index (χ1) is 9.00. The van der Waals surface area contributed by atoms with Gasteiger partial charge in [0.25, 0.3) is 0 Å². The third kappa shape index (κ3) is 6.24. The van der Waals surface area contributed by atoms with Gasteiger partial charge in [-0.25, -0.2) is 0 Å². The SMILES string of the molecule is CC(C)c1cccc(I)c1.CC(C)c1ccccc1. The van der Waals surface area contributed by atoms with Gasteiger partial charge in [-0.05, 0) is 57.7 Å². The maximum Gasteiger partial charge on any atom is 0.0133 e. The topological polar surface area (TPSA) is 0 Å². The monoisotopic (exact) mass is 366 g/mol. The molecule has 0 bridgehead atoms. The van der Waals surface area contributed by atoms with Crippen molar-refractivity contribution in [3.05, 3.63) is 69.3 Å². The minimum atomic E-state index is 0.648. The molecule has 0 spiro atoms. The Bertz CT molecular complexity index is 472.